The van der Waals surface area contributed by atoms with Crippen molar-refractivity contribution in [3.63, 3.8) is 0 Å². The summed E-state index contributed by atoms with van der Waals surface area (Å²) in [4.78, 5) is 14.8. The first kappa shape index (κ1) is 14.2. The van der Waals surface area contributed by atoms with E-state index < -0.39 is 4.92 Å². The number of non-ortho nitro benzene ring substituents is 1. The Kier molecular flexibility index (Phi) is 3.85. The van der Waals surface area contributed by atoms with Crippen molar-refractivity contribution in [3.05, 3.63) is 40.4 Å². The fourth-order valence-electron chi connectivity index (χ4n) is 2.04. The van der Waals surface area contributed by atoms with E-state index in [4.69, 9.17) is 4.74 Å². The molecule has 0 atom stereocenters. The number of hydrogen-bond acceptors (Lipinski definition) is 5. The van der Waals surface area contributed by atoms with Crippen molar-refractivity contribution in [2.24, 2.45) is 0 Å². The van der Waals surface area contributed by atoms with Gasteiger partial charge in [-0.3, -0.25) is 10.1 Å². The Bertz CT molecular complexity index is 641. The molecule has 0 spiro atoms. The minimum Gasteiger partial charge on any atom is -0.382 e. The van der Waals surface area contributed by atoms with Crippen LogP contribution >= 0.6 is 0 Å². The predicted molar refractivity (Wildman–Crippen MR) is 78.0 cm³/mol. The van der Waals surface area contributed by atoms with Crippen LogP contribution in [0, 0.1) is 10.1 Å². The molecule has 1 aromatic heterocycles. The maximum absolute atomic E-state index is 10.7. The molecule has 0 aliphatic carbocycles. The molecule has 0 aliphatic rings. The molecule has 2 rings (SSSR count). The molecule has 0 unspecified atom stereocenters. The molecule has 106 valence electrons. The number of benzene rings is 1. The summed E-state index contributed by atoms with van der Waals surface area (Å²) in [6, 6.07) is 8.26. The molecule has 0 aliphatic heterocycles. The third-order valence-electron chi connectivity index (χ3n) is 2.86. The first-order valence-electron chi connectivity index (χ1n) is 6.24. The highest BCUT2D eigenvalue weighted by Gasteiger charge is 2.17. The van der Waals surface area contributed by atoms with Crippen LogP contribution < -0.4 is 5.32 Å². The first-order chi connectivity index (χ1) is 9.41. The monoisotopic (exact) mass is 275 g/mol. The number of nitrogens with one attached hydrogen (secondary N) is 1. The molecule has 6 nitrogen and oxygen atoms in total. The van der Waals surface area contributed by atoms with Gasteiger partial charge in [0.1, 0.15) is 5.82 Å². The number of hydrogen-bond donors (Lipinski definition) is 1. The van der Waals surface area contributed by atoms with E-state index >= 15 is 0 Å². The summed E-state index contributed by atoms with van der Waals surface area (Å²) in [6.45, 7) is 4.57. The summed E-state index contributed by atoms with van der Waals surface area (Å²) in [5, 5.41) is 14.8. The summed E-state index contributed by atoms with van der Waals surface area (Å²) in [6.07, 6.45) is 0. The van der Waals surface area contributed by atoms with Crippen LogP contribution in [-0.4, -0.2) is 29.2 Å². The third kappa shape index (κ3) is 3.21. The van der Waals surface area contributed by atoms with E-state index in [1.807, 2.05) is 26.0 Å². The fourth-order valence-corrected chi connectivity index (χ4v) is 2.04. The maximum Gasteiger partial charge on any atom is 0.270 e. The van der Waals surface area contributed by atoms with Gasteiger partial charge in [0, 0.05) is 24.6 Å². The number of anilines is 1. The largest absolute Gasteiger partial charge is 0.382 e. The normalized spacial score (nSPS) is 11.6. The minimum absolute atomic E-state index is 0.0692. The third-order valence-corrected chi connectivity index (χ3v) is 2.86. The Morgan fingerprint density at radius 3 is 2.75 bits per heavy atom. The number of aromatic nitrogens is 1. The van der Waals surface area contributed by atoms with Crippen LogP contribution in [-0.2, 0) is 4.74 Å². The molecule has 2 aromatic rings. The zero-order chi connectivity index (χ0) is 14.8. The second kappa shape index (κ2) is 5.42. The van der Waals surface area contributed by atoms with Crippen LogP contribution in [0.4, 0.5) is 11.5 Å². The van der Waals surface area contributed by atoms with Gasteiger partial charge < -0.3 is 10.1 Å². The lowest BCUT2D eigenvalue weighted by Crippen LogP contribution is -2.36. The van der Waals surface area contributed by atoms with E-state index in [2.05, 4.69) is 10.3 Å². The van der Waals surface area contributed by atoms with E-state index in [0.717, 1.165) is 5.39 Å². The Morgan fingerprint density at radius 2 is 2.10 bits per heavy atom. The summed E-state index contributed by atoms with van der Waals surface area (Å²) >= 11 is 0. The van der Waals surface area contributed by atoms with E-state index in [0.29, 0.717) is 17.9 Å². The number of fused-ring (bicyclic) bond motifs is 1. The fraction of sp³-hybridized carbons (Fsp3) is 0.357. The molecule has 0 fully saturated rings. The van der Waals surface area contributed by atoms with Crippen molar-refractivity contribution in [2.45, 2.75) is 19.4 Å². The zero-order valence-electron chi connectivity index (χ0n) is 11.7. The summed E-state index contributed by atoms with van der Waals surface area (Å²) < 4.78 is 5.14. The van der Waals surface area contributed by atoms with Gasteiger partial charge in [0.15, 0.2) is 0 Å². The number of nitro groups is 1. The molecule has 1 aromatic carbocycles. The van der Waals surface area contributed by atoms with Gasteiger partial charge in [0.2, 0.25) is 0 Å². The highest BCUT2D eigenvalue weighted by Crippen LogP contribution is 2.22. The van der Waals surface area contributed by atoms with Gasteiger partial charge in [-0.25, -0.2) is 4.98 Å². The van der Waals surface area contributed by atoms with Gasteiger partial charge in [-0.2, -0.15) is 0 Å². The number of pyridine rings is 1. The second-order valence-corrected chi connectivity index (χ2v) is 5.27. The second-order valence-electron chi connectivity index (χ2n) is 5.27. The van der Waals surface area contributed by atoms with Gasteiger partial charge >= 0.3 is 0 Å². The zero-order valence-corrected chi connectivity index (χ0v) is 11.7. The number of nitro benzene ring substituents is 1. The predicted octanol–water partition coefficient (Wildman–Crippen LogP) is 2.98. The highest BCUT2D eigenvalue weighted by molar-refractivity contribution is 5.82. The molecular formula is C14H17N3O3. The molecule has 0 saturated carbocycles. The topological polar surface area (TPSA) is 77.3 Å². The highest BCUT2D eigenvalue weighted by atomic mass is 16.6. The summed E-state index contributed by atoms with van der Waals surface area (Å²) in [5.41, 5.74) is 0.546. The van der Waals surface area contributed by atoms with Gasteiger partial charge in [0.05, 0.1) is 22.6 Å². The molecule has 0 amide bonds. The number of ether oxygens (including phenoxy) is 1. The number of nitrogens with zero attached hydrogens (tertiary/aromatic N) is 2. The van der Waals surface area contributed by atoms with Crippen LogP contribution in [0.2, 0.25) is 0 Å². The molecule has 0 saturated heterocycles. The van der Waals surface area contributed by atoms with E-state index in [9.17, 15) is 10.1 Å². The lowest BCUT2D eigenvalue weighted by Gasteiger charge is -2.25. The molecule has 20 heavy (non-hydrogen) atoms. The van der Waals surface area contributed by atoms with Crippen LogP contribution in [0.25, 0.3) is 10.9 Å². The van der Waals surface area contributed by atoms with Gasteiger partial charge in [-0.15, -0.1) is 0 Å². The summed E-state index contributed by atoms with van der Waals surface area (Å²) in [7, 11) is 1.65. The summed E-state index contributed by atoms with van der Waals surface area (Å²) in [5.74, 6) is 0.716. The van der Waals surface area contributed by atoms with Crippen molar-refractivity contribution in [3.8, 4) is 0 Å². The maximum atomic E-state index is 10.7. The lowest BCUT2D eigenvalue weighted by molar-refractivity contribution is -0.384. The molecule has 1 N–H and O–H groups in total. The van der Waals surface area contributed by atoms with Crippen molar-refractivity contribution in [2.75, 3.05) is 19.0 Å². The smallest absolute Gasteiger partial charge is 0.270 e. The SMILES string of the molecule is COCC(C)(C)Nc1ccc2cc([N+](=O)[O-])ccc2n1. The van der Waals surface area contributed by atoms with Crippen LogP contribution in [0.15, 0.2) is 30.3 Å². The lowest BCUT2D eigenvalue weighted by atomic mass is 10.1. The minimum atomic E-state index is -0.409. The van der Waals surface area contributed by atoms with Crippen LogP contribution in [0.1, 0.15) is 13.8 Å². The average molecular weight is 275 g/mol. The molecule has 0 bridgehead atoms. The van der Waals surface area contributed by atoms with Crippen molar-refractivity contribution in [1.29, 1.82) is 0 Å². The average Bonchev–Trinajstić information content (AvgIpc) is 2.37. The molecular weight excluding hydrogens is 258 g/mol. The van der Waals surface area contributed by atoms with Gasteiger partial charge in [0.25, 0.3) is 5.69 Å². The van der Waals surface area contributed by atoms with Crippen LogP contribution in [0.3, 0.4) is 0 Å². The molecule has 6 heteroatoms. The van der Waals surface area contributed by atoms with E-state index in [1.54, 1.807) is 13.2 Å². The van der Waals surface area contributed by atoms with E-state index in [1.165, 1.54) is 12.1 Å². The van der Waals surface area contributed by atoms with Gasteiger partial charge in [-0.1, -0.05) is 0 Å². The standard InChI is InChI=1S/C14H17N3O3/c1-14(2,9-20-3)16-13-7-4-10-8-11(17(18)19)5-6-12(10)15-13/h4-8H,9H2,1-3H3,(H,15,16). The van der Waals surface area contributed by atoms with Crippen molar-refractivity contribution >= 4 is 22.4 Å². The Hall–Kier alpha value is -2.21. The molecule has 1 heterocycles. The van der Waals surface area contributed by atoms with Gasteiger partial charge in [-0.05, 0) is 32.0 Å². The molecule has 0 radical (unpaired) electrons. The Labute approximate surface area is 116 Å². The van der Waals surface area contributed by atoms with Crippen molar-refractivity contribution in [1.82, 2.24) is 4.98 Å². The number of rotatable bonds is 5. The van der Waals surface area contributed by atoms with Crippen LogP contribution in [0.5, 0.6) is 0 Å². The van der Waals surface area contributed by atoms with Crippen molar-refractivity contribution < 1.29 is 9.66 Å². The number of methoxy groups -OCH3 is 1. The van der Waals surface area contributed by atoms with E-state index in [-0.39, 0.29) is 11.2 Å². The quantitative estimate of drug-likeness (QED) is 0.670. The Morgan fingerprint density at radius 1 is 1.35 bits per heavy atom. The first-order valence-corrected chi connectivity index (χ1v) is 6.24. The Balaban J connectivity index is 2.30.